The molecule has 0 amide bonds. The van der Waals surface area contributed by atoms with Crippen LogP contribution in [-0.2, 0) is 14.8 Å². The fourth-order valence-corrected chi connectivity index (χ4v) is 4.16. The van der Waals surface area contributed by atoms with E-state index in [0.717, 1.165) is 11.4 Å². The molecule has 2 unspecified atom stereocenters. The third-order valence-corrected chi connectivity index (χ3v) is 5.22. The lowest BCUT2D eigenvalue weighted by molar-refractivity contribution is -0.0442. The molecular weight excluding hydrogens is 342 g/mol. The van der Waals surface area contributed by atoms with E-state index in [9.17, 15) is 26.0 Å². The molecule has 2 atom stereocenters. The highest BCUT2D eigenvalue weighted by Crippen LogP contribution is 2.34. The zero-order valence-corrected chi connectivity index (χ0v) is 13.4. The Labute approximate surface area is 130 Å². The predicted molar refractivity (Wildman–Crippen MR) is 71.6 cm³/mol. The molecule has 10 heteroatoms. The minimum absolute atomic E-state index is 0.194. The summed E-state index contributed by atoms with van der Waals surface area (Å²) in [5.41, 5.74) is 0. The molecule has 0 N–H and O–H groups in total. The Morgan fingerprint density at radius 2 is 1.43 bits per heavy atom. The van der Waals surface area contributed by atoms with Crippen LogP contribution in [-0.4, -0.2) is 45.1 Å². The van der Waals surface area contributed by atoms with Gasteiger partial charge in [0.2, 0.25) is 21.7 Å². The monoisotopic (exact) mass is 357 g/mol. The van der Waals surface area contributed by atoms with Gasteiger partial charge in [-0.15, -0.1) is 0 Å². The van der Waals surface area contributed by atoms with Crippen LogP contribution < -0.4 is 4.74 Å². The smallest absolute Gasteiger partial charge is 0.249 e. The first-order valence-corrected chi connectivity index (χ1v) is 8.10. The van der Waals surface area contributed by atoms with Crippen LogP contribution in [0.5, 0.6) is 5.75 Å². The summed E-state index contributed by atoms with van der Waals surface area (Å²) in [6, 6.07) is 0. The van der Waals surface area contributed by atoms with E-state index in [0.29, 0.717) is 0 Å². The Morgan fingerprint density at radius 1 is 1.00 bits per heavy atom. The summed E-state index contributed by atoms with van der Waals surface area (Å²) in [5, 5.41) is 0. The first kappa shape index (κ1) is 18.0. The number of morpholine rings is 1. The number of halogens is 4. The number of ether oxygens (including phenoxy) is 2. The second-order valence-corrected chi connectivity index (χ2v) is 7.07. The van der Waals surface area contributed by atoms with Gasteiger partial charge in [-0.1, -0.05) is 0 Å². The summed E-state index contributed by atoms with van der Waals surface area (Å²) >= 11 is 0. The molecule has 0 aliphatic carbocycles. The Hall–Kier alpha value is -1.39. The van der Waals surface area contributed by atoms with Crippen LogP contribution in [0.3, 0.4) is 0 Å². The summed E-state index contributed by atoms with van der Waals surface area (Å²) < 4.78 is 90.7. The van der Waals surface area contributed by atoms with Crippen LogP contribution in [0, 0.1) is 23.3 Å². The molecule has 0 aromatic heterocycles. The first-order chi connectivity index (χ1) is 10.6. The van der Waals surface area contributed by atoms with Gasteiger partial charge >= 0.3 is 0 Å². The van der Waals surface area contributed by atoms with E-state index in [1.54, 1.807) is 13.8 Å². The van der Waals surface area contributed by atoms with Crippen LogP contribution >= 0.6 is 0 Å². The fraction of sp³-hybridized carbons (Fsp3) is 0.538. The second-order valence-electron chi connectivity index (χ2n) is 5.20. The minimum Gasteiger partial charge on any atom is -0.491 e. The third kappa shape index (κ3) is 3.02. The maximum Gasteiger partial charge on any atom is 0.249 e. The number of methoxy groups -OCH3 is 1. The molecule has 23 heavy (non-hydrogen) atoms. The molecule has 130 valence electrons. The lowest BCUT2D eigenvalue weighted by Gasteiger charge is -2.34. The first-order valence-electron chi connectivity index (χ1n) is 6.66. The summed E-state index contributed by atoms with van der Waals surface area (Å²) in [6.07, 6.45) is -1.07. The Kier molecular flexibility index (Phi) is 4.88. The molecule has 1 aromatic carbocycles. The van der Waals surface area contributed by atoms with Crippen molar-refractivity contribution in [3.8, 4) is 5.75 Å². The van der Waals surface area contributed by atoms with Crippen LogP contribution in [0.4, 0.5) is 17.6 Å². The number of rotatable bonds is 3. The van der Waals surface area contributed by atoms with Crippen molar-refractivity contribution in [3.05, 3.63) is 23.3 Å². The summed E-state index contributed by atoms with van der Waals surface area (Å²) in [6.45, 7) is 2.75. The third-order valence-electron chi connectivity index (χ3n) is 3.37. The van der Waals surface area contributed by atoms with Crippen molar-refractivity contribution in [1.29, 1.82) is 0 Å². The molecule has 0 spiro atoms. The fourth-order valence-electron chi connectivity index (χ4n) is 2.45. The van der Waals surface area contributed by atoms with Gasteiger partial charge in [0, 0.05) is 13.1 Å². The predicted octanol–water partition coefficient (Wildman–Crippen LogP) is 2.05. The van der Waals surface area contributed by atoms with Gasteiger partial charge in [-0.2, -0.15) is 13.1 Å². The minimum atomic E-state index is -4.79. The number of benzene rings is 1. The van der Waals surface area contributed by atoms with Gasteiger partial charge in [-0.3, -0.25) is 0 Å². The van der Waals surface area contributed by atoms with Crippen LogP contribution in [0.2, 0.25) is 0 Å². The van der Waals surface area contributed by atoms with Gasteiger partial charge < -0.3 is 9.47 Å². The summed E-state index contributed by atoms with van der Waals surface area (Å²) in [7, 11) is -3.99. The van der Waals surface area contributed by atoms with Gasteiger partial charge in [0.25, 0.3) is 0 Å². The molecule has 1 aliphatic heterocycles. The average molecular weight is 357 g/mol. The molecule has 5 nitrogen and oxygen atoms in total. The number of sulfonamides is 1. The number of hydrogen-bond acceptors (Lipinski definition) is 4. The van der Waals surface area contributed by atoms with Crippen LogP contribution in [0.25, 0.3) is 0 Å². The van der Waals surface area contributed by atoms with Crippen molar-refractivity contribution in [2.24, 2.45) is 0 Å². The molecule has 0 radical (unpaired) electrons. The zero-order chi connectivity index (χ0) is 17.5. The lowest BCUT2D eigenvalue weighted by atomic mass is 10.3. The molecule has 1 saturated heterocycles. The van der Waals surface area contributed by atoms with E-state index < -0.39 is 56.1 Å². The average Bonchev–Trinajstić information content (AvgIpc) is 2.45. The quantitative estimate of drug-likeness (QED) is 0.614. The van der Waals surface area contributed by atoms with Gasteiger partial charge in [0.1, 0.15) is 0 Å². The Morgan fingerprint density at radius 3 is 1.83 bits per heavy atom. The summed E-state index contributed by atoms with van der Waals surface area (Å²) in [4.78, 5) is -1.67. The Balaban J connectivity index is 2.61. The molecule has 1 heterocycles. The molecule has 1 aliphatic rings. The molecule has 0 bridgehead atoms. The highest BCUT2D eigenvalue weighted by molar-refractivity contribution is 7.89. The molecule has 2 rings (SSSR count). The summed E-state index contributed by atoms with van der Waals surface area (Å²) in [5.74, 6) is -9.17. The van der Waals surface area contributed by atoms with Gasteiger partial charge in [0.05, 0.1) is 19.3 Å². The van der Waals surface area contributed by atoms with E-state index in [1.165, 1.54) is 0 Å². The highest BCUT2D eigenvalue weighted by atomic mass is 32.2. The SMILES string of the molecule is COc1c(F)c(F)c(S(=O)(=O)N2CC(C)OC(C)C2)c(F)c1F. The van der Waals surface area contributed by atoms with E-state index >= 15 is 0 Å². The van der Waals surface area contributed by atoms with Crippen LogP contribution in [0.1, 0.15) is 13.8 Å². The second kappa shape index (κ2) is 6.25. The maximum atomic E-state index is 14.0. The van der Waals surface area contributed by atoms with Crippen molar-refractivity contribution in [2.45, 2.75) is 31.0 Å². The number of hydrogen-bond donors (Lipinski definition) is 0. The number of nitrogens with zero attached hydrogens (tertiary/aromatic N) is 1. The lowest BCUT2D eigenvalue weighted by Crippen LogP contribution is -2.48. The van der Waals surface area contributed by atoms with Crippen molar-refractivity contribution in [3.63, 3.8) is 0 Å². The molecule has 1 fully saturated rings. The van der Waals surface area contributed by atoms with E-state index in [2.05, 4.69) is 4.74 Å². The topological polar surface area (TPSA) is 55.8 Å². The van der Waals surface area contributed by atoms with Gasteiger partial charge in [-0.25, -0.2) is 17.2 Å². The largest absolute Gasteiger partial charge is 0.491 e. The van der Waals surface area contributed by atoms with Gasteiger partial charge in [-0.05, 0) is 13.8 Å². The molecule has 0 saturated carbocycles. The van der Waals surface area contributed by atoms with E-state index in [1.807, 2.05) is 0 Å². The van der Waals surface area contributed by atoms with Crippen molar-refractivity contribution in [2.75, 3.05) is 20.2 Å². The normalized spacial score (nSPS) is 23.1. The molecule has 1 aromatic rings. The highest BCUT2D eigenvalue weighted by Gasteiger charge is 2.39. The maximum absolute atomic E-state index is 14.0. The van der Waals surface area contributed by atoms with E-state index in [-0.39, 0.29) is 13.1 Å². The van der Waals surface area contributed by atoms with Crippen LogP contribution in [0.15, 0.2) is 4.90 Å². The standard InChI is InChI=1S/C13H15F4NO4S/c1-6-4-18(5-7(2)22-6)23(19,20)13-10(16)8(14)12(21-3)9(15)11(13)17/h6-7H,4-5H2,1-3H3. The van der Waals surface area contributed by atoms with E-state index in [4.69, 9.17) is 4.74 Å². The van der Waals surface area contributed by atoms with Crippen molar-refractivity contribution in [1.82, 2.24) is 4.31 Å². The van der Waals surface area contributed by atoms with Crippen molar-refractivity contribution < 1.29 is 35.5 Å². The van der Waals surface area contributed by atoms with Crippen molar-refractivity contribution >= 4 is 10.0 Å². The Bertz CT molecular complexity index is 686. The zero-order valence-electron chi connectivity index (χ0n) is 12.6. The van der Waals surface area contributed by atoms with Gasteiger partial charge in [0.15, 0.2) is 22.3 Å². The molecular formula is C13H15F4NO4S.